The lowest BCUT2D eigenvalue weighted by Crippen LogP contribution is -2.28. The summed E-state index contributed by atoms with van der Waals surface area (Å²) in [5, 5.41) is 1.94. The fourth-order valence-electron chi connectivity index (χ4n) is 3.61. The van der Waals surface area contributed by atoms with Crippen molar-refractivity contribution in [3.63, 3.8) is 0 Å². The van der Waals surface area contributed by atoms with Crippen LogP contribution in [0.5, 0.6) is 11.5 Å². The van der Waals surface area contributed by atoms with E-state index < -0.39 is 0 Å². The summed E-state index contributed by atoms with van der Waals surface area (Å²) in [5.41, 5.74) is 3.29. The first-order chi connectivity index (χ1) is 13.1. The van der Waals surface area contributed by atoms with Crippen molar-refractivity contribution in [3.05, 3.63) is 50.9 Å². The third-order valence-corrected chi connectivity index (χ3v) is 6.06. The molecule has 0 aliphatic carbocycles. The molecular weight excluding hydrogens is 362 g/mol. The number of thiophene rings is 1. The molecule has 0 atom stereocenters. The van der Waals surface area contributed by atoms with E-state index in [2.05, 4.69) is 11.8 Å². The Morgan fingerprint density at radius 1 is 1.15 bits per heavy atom. The second kappa shape index (κ2) is 7.32. The number of aromatic nitrogens is 2. The first-order valence-electron chi connectivity index (χ1n) is 9.01. The first kappa shape index (κ1) is 18.0. The molecule has 0 saturated carbocycles. The van der Waals surface area contributed by atoms with Crippen LogP contribution in [-0.4, -0.2) is 41.8 Å². The number of benzene rings is 1. The molecule has 142 valence electrons. The van der Waals surface area contributed by atoms with Gasteiger partial charge in [-0.25, -0.2) is 4.98 Å². The monoisotopic (exact) mass is 385 g/mol. The lowest BCUT2D eigenvalue weighted by atomic mass is 10.1. The van der Waals surface area contributed by atoms with Gasteiger partial charge in [0.25, 0.3) is 5.56 Å². The van der Waals surface area contributed by atoms with Gasteiger partial charge >= 0.3 is 0 Å². The van der Waals surface area contributed by atoms with Gasteiger partial charge in [0.05, 0.1) is 19.7 Å². The Kier molecular flexibility index (Phi) is 4.88. The van der Waals surface area contributed by atoms with Crippen LogP contribution < -0.4 is 15.0 Å². The second-order valence-corrected chi connectivity index (χ2v) is 7.70. The molecule has 0 bridgehead atoms. The average molecular weight is 385 g/mol. The van der Waals surface area contributed by atoms with Crippen molar-refractivity contribution in [3.8, 4) is 11.5 Å². The van der Waals surface area contributed by atoms with Crippen LogP contribution in [-0.2, 0) is 19.5 Å². The number of rotatable bonds is 4. The lowest BCUT2D eigenvalue weighted by Gasteiger charge is -2.21. The Labute approximate surface area is 162 Å². The Morgan fingerprint density at radius 2 is 1.93 bits per heavy atom. The number of ether oxygens (including phenoxy) is 2. The molecule has 0 spiro atoms. The molecule has 0 saturated heterocycles. The second-order valence-electron chi connectivity index (χ2n) is 6.78. The zero-order chi connectivity index (χ0) is 19.0. The SMILES string of the molecule is COc1cc(C)c(CN2CCc3nc4ccsc4c(=O)n3CC2)cc1OC. The molecule has 4 rings (SSSR count). The van der Waals surface area contributed by atoms with Crippen molar-refractivity contribution in [1.29, 1.82) is 0 Å². The normalized spacial score (nSPS) is 14.8. The van der Waals surface area contributed by atoms with Crippen LogP contribution in [0.2, 0.25) is 0 Å². The standard InChI is InChI=1S/C20H23N3O3S/c1-13-10-16(25-2)17(26-3)11-14(13)12-22-6-4-18-21-15-5-9-27-19(15)20(24)23(18)8-7-22/h5,9-11H,4,6-8,12H2,1-3H3. The summed E-state index contributed by atoms with van der Waals surface area (Å²) < 4.78 is 13.4. The van der Waals surface area contributed by atoms with Gasteiger partial charge in [-0.2, -0.15) is 0 Å². The Hall–Kier alpha value is -2.38. The van der Waals surface area contributed by atoms with E-state index in [-0.39, 0.29) is 5.56 Å². The molecule has 1 aliphatic rings. The maximum atomic E-state index is 12.7. The third kappa shape index (κ3) is 3.33. The summed E-state index contributed by atoms with van der Waals surface area (Å²) in [5.74, 6) is 2.38. The highest BCUT2D eigenvalue weighted by atomic mass is 32.1. The topological polar surface area (TPSA) is 56.6 Å². The van der Waals surface area contributed by atoms with E-state index in [9.17, 15) is 4.79 Å². The molecule has 3 heterocycles. The van der Waals surface area contributed by atoms with Crippen LogP contribution >= 0.6 is 11.3 Å². The predicted molar refractivity (Wildman–Crippen MR) is 107 cm³/mol. The third-order valence-electron chi connectivity index (χ3n) is 5.17. The summed E-state index contributed by atoms with van der Waals surface area (Å²) in [4.78, 5) is 19.8. The molecule has 0 unspecified atom stereocenters. The number of hydrogen-bond donors (Lipinski definition) is 0. The van der Waals surface area contributed by atoms with Crippen molar-refractivity contribution >= 4 is 21.6 Å². The Morgan fingerprint density at radius 3 is 2.70 bits per heavy atom. The van der Waals surface area contributed by atoms with Gasteiger partial charge in [-0.05, 0) is 41.6 Å². The van der Waals surface area contributed by atoms with Crippen molar-refractivity contribution in [2.45, 2.75) is 26.4 Å². The summed E-state index contributed by atoms with van der Waals surface area (Å²) in [6.07, 6.45) is 0.771. The summed E-state index contributed by atoms with van der Waals surface area (Å²) in [7, 11) is 3.31. The zero-order valence-corrected chi connectivity index (χ0v) is 16.6. The van der Waals surface area contributed by atoms with E-state index in [4.69, 9.17) is 14.5 Å². The van der Waals surface area contributed by atoms with E-state index >= 15 is 0 Å². The minimum atomic E-state index is 0.0918. The molecule has 1 aliphatic heterocycles. The molecule has 0 fully saturated rings. The van der Waals surface area contributed by atoms with Crippen LogP contribution in [0.15, 0.2) is 28.4 Å². The van der Waals surface area contributed by atoms with Crippen LogP contribution in [0.1, 0.15) is 17.0 Å². The van der Waals surface area contributed by atoms with E-state index in [0.717, 1.165) is 53.6 Å². The maximum Gasteiger partial charge on any atom is 0.271 e. The lowest BCUT2D eigenvalue weighted by molar-refractivity contribution is 0.270. The number of hydrogen-bond acceptors (Lipinski definition) is 6. The molecule has 27 heavy (non-hydrogen) atoms. The van der Waals surface area contributed by atoms with E-state index in [1.807, 2.05) is 28.1 Å². The zero-order valence-electron chi connectivity index (χ0n) is 15.8. The van der Waals surface area contributed by atoms with E-state index in [1.54, 1.807) is 14.2 Å². The first-order valence-corrected chi connectivity index (χ1v) is 9.89. The summed E-state index contributed by atoms with van der Waals surface area (Å²) in [6.45, 7) is 5.25. The minimum absolute atomic E-state index is 0.0918. The highest BCUT2D eigenvalue weighted by Crippen LogP contribution is 2.31. The molecule has 1 aromatic carbocycles. The molecule has 7 heteroatoms. The van der Waals surface area contributed by atoms with Crippen molar-refractivity contribution in [1.82, 2.24) is 14.5 Å². The van der Waals surface area contributed by atoms with Crippen LogP contribution in [0, 0.1) is 6.92 Å². The number of fused-ring (bicyclic) bond motifs is 2. The quantitative estimate of drug-likeness (QED) is 0.691. The smallest absolute Gasteiger partial charge is 0.271 e. The molecule has 3 aromatic rings. The van der Waals surface area contributed by atoms with Crippen molar-refractivity contribution < 1.29 is 9.47 Å². The minimum Gasteiger partial charge on any atom is -0.493 e. The van der Waals surface area contributed by atoms with Crippen LogP contribution in [0.4, 0.5) is 0 Å². The van der Waals surface area contributed by atoms with Gasteiger partial charge < -0.3 is 9.47 Å². The molecule has 0 N–H and O–H groups in total. The molecule has 6 nitrogen and oxygen atoms in total. The molecule has 0 amide bonds. The van der Waals surface area contributed by atoms with Gasteiger partial charge in [-0.15, -0.1) is 11.3 Å². The fourth-order valence-corrected chi connectivity index (χ4v) is 4.39. The molecule has 2 aromatic heterocycles. The average Bonchev–Trinajstić information content (AvgIpc) is 3.05. The Balaban J connectivity index is 1.57. The molecule has 0 radical (unpaired) electrons. The number of aryl methyl sites for hydroxylation is 1. The predicted octanol–water partition coefficient (Wildman–Crippen LogP) is 2.84. The highest BCUT2D eigenvalue weighted by Gasteiger charge is 2.19. The number of methoxy groups -OCH3 is 2. The van der Waals surface area contributed by atoms with Crippen LogP contribution in [0.25, 0.3) is 10.2 Å². The Bertz CT molecular complexity index is 1040. The fraction of sp³-hybridized carbons (Fsp3) is 0.400. The van der Waals surface area contributed by atoms with Crippen LogP contribution in [0.3, 0.4) is 0 Å². The van der Waals surface area contributed by atoms with E-state index in [0.29, 0.717) is 6.54 Å². The van der Waals surface area contributed by atoms with Gasteiger partial charge in [-0.3, -0.25) is 14.3 Å². The number of nitrogens with zero attached hydrogens (tertiary/aromatic N) is 3. The maximum absolute atomic E-state index is 12.7. The van der Waals surface area contributed by atoms with Crippen molar-refractivity contribution in [2.24, 2.45) is 0 Å². The van der Waals surface area contributed by atoms with Gasteiger partial charge in [0, 0.05) is 32.6 Å². The molecular formula is C20H23N3O3S. The summed E-state index contributed by atoms with van der Waals surface area (Å²) >= 11 is 1.47. The highest BCUT2D eigenvalue weighted by molar-refractivity contribution is 7.17. The summed E-state index contributed by atoms with van der Waals surface area (Å²) in [6, 6.07) is 5.99. The van der Waals surface area contributed by atoms with Gasteiger partial charge in [0.15, 0.2) is 11.5 Å². The van der Waals surface area contributed by atoms with E-state index in [1.165, 1.54) is 22.5 Å². The largest absolute Gasteiger partial charge is 0.493 e. The van der Waals surface area contributed by atoms with Gasteiger partial charge in [0.1, 0.15) is 10.5 Å². The van der Waals surface area contributed by atoms with Gasteiger partial charge in [-0.1, -0.05) is 0 Å². The van der Waals surface area contributed by atoms with Crippen molar-refractivity contribution in [2.75, 3.05) is 27.3 Å². The van der Waals surface area contributed by atoms with Gasteiger partial charge in [0.2, 0.25) is 0 Å².